The lowest BCUT2D eigenvalue weighted by atomic mass is 9.68. The summed E-state index contributed by atoms with van der Waals surface area (Å²) in [6.45, 7) is 0. The van der Waals surface area contributed by atoms with Crippen LogP contribution in [0.25, 0.3) is 5.57 Å². The molecule has 0 bridgehead atoms. The number of carbonyl (C=O) groups is 2. The third-order valence-electron chi connectivity index (χ3n) is 6.18. The highest BCUT2D eigenvalue weighted by atomic mass is 79.9. The highest BCUT2D eigenvalue weighted by Gasteiger charge is 2.62. The van der Waals surface area contributed by atoms with Crippen molar-refractivity contribution in [2.75, 3.05) is 0 Å². The molecule has 2 aliphatic heterocycles. The maximum atomic E-state index is 14.2. The number of hydrogen-bond acceptors (Lipinski definition) is 4. The van der Waals surface area contributed by atoms with Crippen LogP contribution in [0.15, 0.2) is 93.6 Å². The van der Waals surface area contributed by atoms with Gasteiger partial charge in [0.15, 0.2) is 11.4 Å². The van der Waals surface area contributed by atoms with Crippen molar-refractivity contribution in [1.82, 2.24) is 0 Å². The summed E-state index contributed by atoms with van der Waals surface area (Å²) in [6, 6.07) is 24.1. The fraction of sp³-hybridized carbons (Fsp3) is 0.0769. The molecule has 0 saturated heterocycles. The standard InChI is InChI=1S/C26H14Br2O4/c27-21-19(14-8-2-1-3-9-14)23(29)20-24(22(21)28)31-18-13-7-6-12-17(18)26(20)16-11-5-4-10-15(16)25(30)32-26/h1-13,20H. The Morgan fingerprint density at radius 1 is 0.750 bits per heavy atom. The molecule has 0 radical (unpaired) electrons. The lowest BCUT2D eigenvalue weighted by molar-refractivity contribution is -0.125. The van der Waals surface area contributed by atoms with Gasteiger partial charge in [-0.15, -0.1) is 0 Å². The molecule has 0 saturated carbocycles. The highest BCUT2D eigenvalue weighted by Crippen LogP contribution is 2.59. The molecule has 3 aromatic rings. The van der Waals surface area contributed by atoms with Crippen LogP contribution in [-0.2, 0) is 15.1 Å². The first kappa shape index (κ1) is 19.7. The smallest absolute Gasteiger partial charge is 0.339 e. The van der Waals surface area contributed by atoms with E-state index in [1.165, 1.54) is 0 Å². The van der Waals surface area contributed by atoms with Gasteiger partial charge in [0.1, 0.15) is 17.4 Å². The van der Waals surface area contributed by atoms with Gasteiger partial charge in [-0.3, -0.25) is 4.79 Å². The lowest BCUT2D eigenvalue weighted by Crippen LogP contribution is -2.48. The number of esters is 1. The van der Waals surface area contributed by atoms with E-state index in [2.05, 4.69) is 31.9 Å². The van der Waals surface area contributed by atoms with Gasteiger partial charge in [0.2, 0.25) is 0 Å². The SMILES string of the molecule is O=C1OC2(c3ccccc3OC3=C(Br)C(Br)=C(c4ccccc4)C(=O)C32)c2ccccc21. The molecule has 2 atom stereocenters. The van der Waals surface area contributed by atoms with Crippen molar-refractivity contribution in [2.45, 2.75) is 5.60 Å². The van der Waals surface area contributed by atoms with Crippen LogP contribution in [0.2, 0.25) is 0 Å². The summed E-state index contributed by atoms with van der Waals surface area (Å²) in [6.07, 6.45) is 0. The van der Waals surface area contributed by atoms with Crippen molar-refractivity contribution in [3.05, 3.63) is 116 Å². The van der Waals surface area contributed by atoms with Gasteiger partial charge in [0.25, 0.3) is 0 Å². The summed E-state index contributed by atoms with van der Waals surface area (Å²) in [4.78, 5) is 27.2. The van der Waals surface area contributed by atoms with E-state index >= 15 is 0 Å². The molecule has 0 aromatic heterocycles. The van der Waals surface area contributed by atoms with Crippen LogP contribution in [0.1, 0.15) is 27.0 Å². The predicted octanol–water partition coefficient (Wildman–Crippen LogP) is 6.10. The van der Waals surface area contributed by atoms with Gasteiger partial charge in [-0.05, 0) is 49.6 Å². The van der Waals surface area contributed by atoms with Crippen LogP contribution in [0, 0.1) is 5.92 Å². The fourth-order valence-electron chi connectivity index (χ4n) is 4.86. The second-order valence-electron chi connectivity index (χ2n) is 7.80. The van der Waals surface area contributed by atoms with Crippen molar-refractivity contribution < 1.29 is 19.1 Å². The van der Waals surface area contributed by atoms with Crippen LogP contribution in [0.4, 0.5) is 0 Å². The Bertz CT molecular complexity index is 1390. The molecule has 0 amide bonds. The summed E-state index contributed by atoms with van der Waals surface area (Å²) >= 11 is 7.26. The average molecular weight is 550 g/mol. The molecule has 3 aromatic carbocycles. The van der Waals surface area contributed by atoms with E-state index in [1.54, 1.807) is 12.1 Å². The zero-order chi connectivity index (χ0) is 22.0. The van der Waals surface area contributed by atoms with E-state index < -0.39 is 17.5 Å². The van der Waals surface area contributed by atoms with Crippen molar-refractivity contribution in [3.63, 3.8) is 0 Å². The van der Waals surface area contributed by atoms with Crippen LogP contribution in [0.5, 0.6) is 5.75 Å². The molecule has 4 nitrogen and oxygen atoms in total. The minimum Gasteiger partial charge on any atom is -0.459 e. The molecule has 0 N–H and O–H groups in total. The third kappa shape index (κ3) is 2.48. The number of ketones is 1. The molecule has 6 heteroatoms. The van der Waals surface area contributed by atoms with Gasteiger partial charge in [-0.1, -0.05) is 66.7 Å². The summed E-state index contributed by atoms with van der Waals surface area (Å²) in [5.74, 6) is -0.534. The van der Waals surface area contributed by atoms with E-state index in [1.807, 2.05) is 66.7 Å². The Labute approximate surface area is 200 Å². The monoisotopic (exact) mass is 548 g/mol. The van der Waals surface area contributed by atoms with Gasteiger partial charge in [0.05, 0.1) is 10.0 Å². The topological polar surface area (TPSA) is 52.6 Å². The normalized spacial score (nSPS) is 23.5. The number of Topliss-reactive ketones (excluding diaryl/α,β-unsaturated/α-hetero) is 1. The van der Waals surface area contributed by atoms with E-state index in [-0.39, 0.29) is 5.78 Å². The minimum atomic E-state index is -1.32. The van der Waals surface area contributed by atoms with Crippen LogP contribution < -0.4 is 4.74 Å². The van der Waals surface area contributed by atoms with E-state index in [4.69, 9.17) is 9.47 Å². The number of para-hydroxylation sites is 1. The second kappa shape index (κ2) is 7.02. The quantitative estimate of drug-likeness (QED) is 0.344. The largest absolute Gasteiger partial charge is 0.459 e. The van der Waals surface area contributed by atoms with Crippen LogP contribution in [0.3, 0.4) is 0 Å². The molecule has 156 valence electrons. The molecule has 1 aliphatic carbocycles. The summed E-state index contributed by atoms with van der Waals surface area (Å²) in [5.41, 5.74) is 1.75. The second-order valence-corrected chi connectivity index (χ2v) is 9.39. The Hall–Kier alpha value is -2.96. The van der Waals surface area contributed by atoms with Gasteiger partial charge in [-0.25, -0.2) is 4.79 Å². The van der Waals surface area contributed by atoms with Gasteiger partial charge >= 0.3 is 5.97 Å². The number of benzene rings is 3. The van der Waals surface area contributed by atoms with Crippen LogP contribution >= 0.6 is 31.9 Å². The molecular weight excluding hydrogens is 536 g/mol. The summed E-state index contributed by atoms with van der Waals surface area (Å²) < 4.78 is 13.7. The Balaban J connectivity index is 1.69. The molecule has 0 fully saturated rings. The molecule has 32 heavy (non-hydrogen) atoms. The number of carbonyl (C=O) groups excluding carboxylic acids is 2. The third-order valence-corrected chi connectivity index (χ3v) is 8.29. The maximum Gasteiger partial charge on any atom is 0.339 e. The van der Waals surface area contributed by atoms with E-state index in [0.717, 1.165) is 5.56 Å². The zero-order valence-corrected chi connectivity index (χ0v) is 19.6. The van der Waals surface area contributed by atoms with Crippen LogP contribution in [-0.4, -0.2) is 11.8 Å². The maximum absolute atomic E-state index is 14.2. The highest BCUT2D eigenvalue weighted by molar-refractivity contribution is 9.15. The zero-order valence-electron chi connectivity index (χ0n) is 16.5. The number of allylic oxidation sites excluding steroid dienone is 3. The van der Waals surface area contributed by atoms with Gasteiger partial charge < -0.3 is 9.47 Å². The number of halogens is 2. The number of ether oxygens (including phenoxy) is 2. The summed E-state index contributed by atoms with van der Waals surface area (Å²) in [5, 5.41) is 0. The van der Waals surface area contributed by atoms with E-state index in [0.29, 0.717) is 42.7 Å². The Kier molecular flexibility index (Phi) is 4.32. The molecule has 3 aliphatic rings. The molecular formula is C26H14Br2O4. The first-order valence-corrected chi connectivity index (χ1v) is 11.6. The number of hydrogen-bond donors (Lipinski definition) is 0. The molecule has 6 rings (SSSR count). The number of rotatable bonds is 1. The van der Waals surface area contributed by atoms with E-state index in [9.17, 15) is 9.59 Å². The Morgan fingerprint density at radius 2 is 1.41 bits per heavy atom. The molecule has 2 unspecified atom stereocenters. The van der Waals surface area contributed by atoms with Crippen molar-refractivity contribution >= 4 is 49.2 Å². The first-order valence-electron chi connectivity index (χ1n) is 10.0. The van der Waals surface area contributed by atoms with Gasteiger partial charge in [-0.2, -0.15) is 0 Å². The van der Waals surface area contributed by atoms with Gasteiger partial charge in [0, 0.05) is 21.2 Å². The van der Waals surface area contributed by atoms with Crippen molar-refractivity contribution in [1.29, 1.82) is 0 Å². The minimum absolute atomic E-state index is 0.180. The van der Waals surface area contributed by atoms with Crippen molar-refractivity contribution in [2.24, 2.45) is 5.92 Å². The molecule has 1 spiro atoms. The van der Waals surface area contributed by atoms with Crippen molar-refractivity contribution in [3.8, 4) is 5.75 Å². The summed E-state index contributed by atoms with van der Waals surface area (Å²) in [7, 11) is 0. The molecule has 2 heterocycles. The first-order chi connectivity index (χ1) is 15.5. The lowest BCUT2D eigenvalue weighted by Gasteiger charge is -2.44. The number of fused-ring (bicyclic) bond motifs is 6. The average Bonchev–Trinajstić information content (AvgIpc) is 3.11. The fourth-order valence-corrected chi connectivity index (χ4v) is 5.98. The Morgan fingerprint density at radius 3 is 2.19 bits per heavy atom. The predicted molar refractivity (Wildman–Crippen MR) is 126 cm³/mol.